The van der Waals surface area contributed by atoms with Gasteiger partial charge < -0.3 is 10.3 Å². The molecular weight excluding hydrogens is 392 g/mol. The Morgan fingerprint density at radius 2 is 2.07 bits per heavy atom. The number of sulfone groups is 1. The highest BCUT2D eigenvalue weighted by atomic mass is 32.2. The van der Waals surface area contributed by atoms with Gasteiger partial charge in [0.25, 0.3) is 0 Å². The van der Waals surface area contributed by atoms with Gasteiger partial charge in [0.2, 0.25) is 17.5 Å². The predicted molar refractivity (Wildman–Crippen MR) is 108 cm³/mol. The van der Waals surface area contributed by atoms with Gasteiger partial charge in [0.05, 0.1) is 5.75 Å². The first-order valence-electron chi connectivity index (χ1n) is 9.58. The van der Waals surface area contributed by atoms with E-state index >= 15 is 0 Å². The Bertz CT molecular complexity index is 1130. The van der Waals surface area contributed by atoms with Crippen molar-refractivity contribution in [2.45, 2.75) is 56.7 Å². The van der Waals surface area contributed by atoms with Crippen molar-refractivity contribution in [3.05, 3.63) is 46.6 Å². The number of hydrogen-bond acceptors (Lipinski definition) is 8. The minimum Gasteiger partial charge on any atom is -0.386 e. The Balaban J connectivity index is 1.75. The molecule has 154 valence electrons. The second-order valence-corrected chi connectivity index (χ2v) is 10.9. The SMILES string of the molecule is Cc1nc(C(=O)Cc2ccc3c(c2)[C@]2(CCC3)CS(=O)(=O)C(C)(C)C(N)=N2)no1. The fourth-order valence-corrected chi connectivity index (χ4v) is 5.80. The molecule has 2 aliphatic rings. The molecule has 1 aliphatic carbocycles. The Hall–Kier alpha value is -2.55. The van der Waals surface area contributed by atoms with Crippen LogP contribution >= 0.6 is 0 Å². The number of carbonyl (C=O) groups excluding carboxylic acids is 1. The summed E-state index contributed by atoms with van der Waals surface area (Å²) < 4.78 is 29.7. The van der Waals surface area contributed by atoms with E-state index in [9.17, 15) is 13.2 Å². The van der Waals surface area contributed by atoms with E-state index in [4.69, 9.17) is 15.2 Å². The first kappa shape index (κ1) is 19.8. The molecule has 29 heavy (non-hydrogen) atoms. The lowest BCUT2D eigenvalue weighted by molar-refractivity contribution is 0.0980. The summed E-state index contributed by atoms with van der Waals surface area (Å²) in [5.74, 6) is 0.173. The second kappa shape index (κ2) is 6.48. The summed E-state index contributed by atoms with van der Waals surface area (Å²) in [4.78, 5) is 21.2. The van der Waals surface area contributed by atoms with Crippen molar-refractivity contribution in [1.82, 2.24) is 10.1 Å². The van der Waals surface area contributed by atoms with Gasteiger partial charge in [-0.3, -0.25) is 9.79 Å². The van der Waals surface area contributed by atoms with E-state index in [1.54, 1.807) is 20.8 Å². The molecule has 1 atom stereocenters. The molecule has 0 fully saturated rings. The summed E-state index contributed by atoms with van der Waals surface area (Å²) in [5, 5.41) is 3.67. The van der Waals surface area contributed by atoms with E-state index in [0.717, 1.165) is 29.5 Å². The van der Waals surface area contributed by atoms with Crippen LogP contribution in [-0.4, -0.2) is 40.7 Å². The normalized spacial score (nSPS) is 24.7. The number of ketones is 1. The van der Waals surface area contributed by atoms with E-state index < -0.39 is 20.1 Å². The third-order valence-electron chi connectivity index (χ3n) is 6.01. The number of aryl methyl sites for hydroxylation is 2. The Morgan fingerprint density at radius 1 is 1.31 bits per heavy atom. The van der Waals surface area contributed by atoms with E-state index in [0.29, 0.717) is 12.3 Å². The first-order valence-corrected chi connectivity index (χ1v) is 11.2. The molecule has 1 spiro atoms. The number of aliphatic imine (C=N–C) groups is 1. The van der Waals surface area contributed by atoms with Crippen LogP contribution in [0.1, 0.15) is 59.9 Å². The number of benzene rings is 1. The molecule has 2 heterocycles. The van der Waals surface area contributed by atoms with Crippen molar-refractivity contribution in [1.29, 1.82) is 0 Å². The van der Waals surface area contributed by atoms with Crippen LogP contribution in [0.2, 0.25) is 0 Å². The molecule has 1 aromatic heterocycles. The maximum atomic E-state index is 13.0. The van der Waals surface area contributed by atoms with Gasteiger partial charge in [-0.2, -0.15) is 4.98 Å². The zero-order valence-electron chi connectivity index (χ0n) is 16.7. The fourth-order valence-electron chi connectivity index (χ4n) is 4.09. The van der Waals surface area contributed by atoms with Crippen molar-refractivity contribution in [2.75, 3.05) is 5.75 Å². The monoisotopic (exact) mass is 416 g/mol. The molecule has 0 radical (unpaired) electrons. The topological polar surface area (TPSA) is 129 Å². The zero-order valence-corrected chi connectivity index (χ0v) is 17.5. The Labute approximate surface area is 169 Å². The number of aromatic nitrogens is 2. The van der Waals surface area contributed by atoms with Gasteiger partial charge in [-0.05, 0) is 49.8 Å². The maximum absolute atomic E-state index is 13.0. The van der Waals surface area contributed by atoms with Gasteiger partial charge in [0.1, 0.15) is 16.1 Å². The van der Waals surface area contributed by atoms with E-state index in [1.807, 2.05) is 18.2 Å². The van der Waals surface area contributed by atoms with Gasteiger partial charge in [0, 0.05) is 13.3 Å². The van der Waals surface area contributed by atoms with Gasteiger partial charge in [0.15, 0.2) is 9.84 Å². The minimum atomic E-state index is -3.49. The van der Waals surface area contributed by atoms with Crippen LogP contribution in [0.5, 0.6) is 0 Å². The van der Waals surface area contributed by atoms with Crippen LogP contribution in [-0.2, 0) is 28.2 Å². The molecule has 0 amide bonds. The van der Waals surface area contributed by atoms with Crippen LogP contribution in [0.4, 0.5) is 0 Å². The second-order valence-electron chi connectivity index (χ2n) is 8.38. The van der Waals surface area contributed by atoms with Gasteiger partial charge in [-0.25, -0.2) is 8.42 Å². The van der Waals surface area contributed by atoms with Crippen molar-refractivity contribution in [3.63, 3.8) is 0 Å². The molecule has 4 rings (SSSR count). The molecule has 9 heteroatoms. The minimum absolute atomic E-state index is 0.0409. The average Bonchev–Trinajstić information content (AvgIpc) is 3.07. The van der Waals surface area contributed by atoms with Crippen molar-refractivity contribution < 1.29 is 17.7 Å². The number of fused-ring (bicyclic) bond motifs is 2. The molecule has 2 N–H and O–H groups in total. The number of Topliss-reactive ketones (excluding diaryl/α,β-unsaturated/α-hetero) is 1. The molecule has 0 bridgehead atoms. The van der Waals surface area contributed by atoms with Crippen LogP contribution in [0, 0.1) is 6.92 Å². The van der Waals surface area contributed by atoms with E-state index in [2.05, 4.69) is 10.1 Å². The molecule has 0 saturated heterocycles. The summed E-state index contributed by atoms with van der Waals surface area (Å²) in [6, 6.07) is 5.74. The molecular formula is C20H24N4O4S. The Kier molecular flexibility index (Phi) is 4.41. The van der Waals surface area contributed by atoms with Gasteiger partial charge in [-0.15, -0.1) is 0 Å². The number of nitrogens with two attached hydrogens (primary N) is 1. The standard InChI is InChI=1S/C20H24N4O4S/c1-12-22-17(24-28-12)16(25)10-13-6-7-14-5-4-8-20(15(14)9-13)11-29(26,27)19(2,3)18(21)23-20/h6-7,9H,4-5,8,10-11H2,1-3H3,(H2,21,23)/t20-/m0/s1. The zero-order chi connectivity index (χ0) is 21.0. The summed E-state index contributed by atoms with van der Waals surface area (Å²) in [6.07, 6.45) is 2.38. The third kappa shape index (κ3) is 3.17. The molecule has 0 saturated carbocycles. The lowest BCUT2D eigenvalue weighted by atomic mass is 9.76. The number of amidine groups is 1. The van der Waals surface area contributed by atoms with Crippen LogP contribution in [0.15, 0.2) is 27.7 Å². The van der Waals surface area contributed by atoms with E-state index in [1.165, 1.54) is 0 Å². The molecule has 8 nitrogen and oxygen atoms in total. The van der Waals surface area contributed by atoms with Crippen molar-refractivity contribution in [3.8, 4) is 0 Å². The molecule has 1 aliphatic heterocycles. The number of nitrogens with zero attached hydrogens (tertiary/aromatic N) is 3. The highest BCUT2D eigenvalue weighted by molar-refractivity contribution is 7.93. The molecule has 1 aromatic carbocycles. The average molecular weight is 417 g/mol. The maximum Gasteiger partial charge on any atom is 0.238 e. The van der Waals surface area contributed by atoms with E-state index in [-0.39, 0.29) is 29.6 Å². The number of carbonyl (C=O) groups is 1. The summed E-state index contributed by atoms with van der Waals surface area (Å²) in [7, 11) is -3.49. The molecule has 0 unspecified atom stereocenters. The fraction of sp³-hybridized carbons (Fsp3) is 0.500. The smallest absolute Gasteiger partial charge is 0.238 e. The Morgan fingerprint density at radius 3 is 2.72 bits per heavy atom. The largest absolute Gasteiger partial charge is 0.386 e. The van der Waals surface area contributed by atoms with Crippen LogP contribution < -0.4 is 5.73 Å². The lowest BCUT2D eigenvalue weighted by Gasteiger charge is -2.43. The van der Waals surface area contributed by atoms with Crippen LogP contribution in [0.3, 0.4) is 0 Å². The number of hydrogen-bond donors (Lipinski definition) is 1. The van der Waals surface area contributed by atoms with Crippen LogP contribution in [0.25, 0.3) is 0 Å². The lowest BCUT2D eigenvalue weighted by Crippen LogP contribution is -2.56. The first-order chi connectivity index (χ1) is 13.5. The van der Waals surface area contributed by atoms with Crippen molar-refractivity contribution >= 4 is 21.5 Å². The highest BCUT2D eigenvalue weighted by Crippen LogP contribution is 2.44. The highest BCUT2D eigenvalue weighted by Gasteiger charge is 2.51. The summed E-state index contributed by atoms with van der Waals surface area (Å²) >= 11 is 0. The van der Waals surface area contributed by atoms with Gasteiger partial charge in [-0.1, -0.05) is 23.4 Å². The quantitative estimate of drug-likeness (QED) is 0.757. The predicted octanol–water partition coefficient (Wildman–Crippen LogP) is 1.90. The summed E-state index contributed by atoms with van der Waals surface area (Å²) in [5.41, 5.74) is 7.90. The third-order valence-corrected chi connectivity index (χ3v) is 8.63. The summed E-state index contributed by atoms with van der Waals surface area (Å²) in [6.45, 7) is 4.82. The number of rotatable bonds is 3. The molecule has 2 aromatic rings. The van der Waals surface area contributed by atoms with Gasteiger partial charge >= 0.3 is 0 Å². The van der Waals surface area contributed by atoms with Crippen molar-refractivity contribution in [2.24, 2.45) is 10.7 Å².